The van der Waals surface area contributed by atoms with Gasteiger partial charge in [0.15, 0.2) is 0 Å². The molecule has 1 aliphatic carbocycles. The van der Waals surface area contributed by atoms with Gasteiger partial charge < -0.3 is 14.7 Å². The number of hydrogen-bond acceptors (Lipinski definition) is 4. The summed E-state index contributed by atoms with van der Waals surface area (Å²) in [6, 6.07) is 2.01. The lowest BCUT2D eigenvalue weighted by molar-refractivity contribution is -0.157. The van der Waals surface area contributed by atoms with Crippen molar-refractivity contribution >= 4 is 28.0 Å². The summed E-state index contributed by atoms with van der Waals surface area (Å²) in [5.74, 6) is 0.273. The number of methoxy groups -OCH3 is 1. The number of hydrogen-bond donors (Lipinski definition) is 2. The van der Waals surface area contributed by atoms with E-state index in [-0.39, 0.29) is 29.5 Å². The fourth-order valence-corrected chi connectivity index (χ4v) is 5.38. The molecule has 1 saturated carbocycles. The number of nitrogens with one attached hydrogen (secondary N) is 2. The summed E-state index contributed by atoms with van der Waals surface area (Å²) in [4.78, 5) is 36.1. The third-order valence-electron chi connectivity index (χ3n) is 6.68. The summed E-state index contributed by atoms with van der Waals surface area (Å²) in [6.07, 6.45) is 6.80. The van der Waals surface area contributed by atoms with Crippen LogP contribution in [0.3, 0.4) is 0 Å². The molecule has 4 rings (SSSR count). The van der Waals surface area contributed by atoms with E-state index >= 15 is 0 Å². The van der Waals surface area contributed by atoms with Crippen LogP contribution in [-0.2, 0) is 9.53 Å². The summed E-state index contributed by atoms with van der Waals surface area (Å²) in [5.41, 5.74) is 1.82. The Balaban J connectivity index is 1.90. The summed E-state index contributed by atoms with van der Waals surface area (Å²) in [7, 11) is 1.46. The van der Waals surface area contributed by atoms with Crippen LogP contribution in [0.25, 0.3) is 22.1 Å². The average Bonchev–Trinajstić information content (AvgIpc) is 3.29. The highest BCUT2D eigenvalue weighted by Gasteiger charge is 2.48. The van der Waals surface area contributed by atoms with Crippen LogP contribution in [0.5, 0.6) is 0 Å². The van der Waals surface area contributed by atoms with E-state index in [0.717, 1.165) is 47.8 Å². The number of aromatic nitrogens is 4. The first-order valence-corrected chi connectivity index (χ1v) is 10.1. The van der Waals surface area contributed by atoms with Crippen molar-refractivity contribution in [3.63, 3.8) is 0 Å². The van der Waals surface area contributed by atoms with Crippen LogP contribution >= 0.6 is 0 Å². The topological polar surface area (TPSA) is 92.8 Å². The Kier molecular flexibility index (Phi) is 4.56. The van der Waals surface area contributed by atoms with E-state index in [1.54, 1.807) is 6.20 Å². The van der Waals surface area contributed by atoms with E-state index in [9.17, 15) is 9.59 Å². The van der Waals surface area contributed by atoms with Crippen LogP contribution in [0.4, 0.5) is 0 Å². The highest BCUT2D eigenvalue weighted by atomic mass is 16.5. The molecule has 28 heavy (non-hydrogen) atoms. The summed E-state index contributed by atoms with van der Waals surface area (Å²) in [6.45, 7) is 6.29. The van der Waals surface area contributed by atoms with Gasteiger partial charge in [0, 0.05) is 17.6 Å². The van der Waals surface area contributed by atoms with Gasteiger partial charge in [-0.1, -0.05) is 26.7 Å². The number of rotatable bonds is 4. The number of pyridine rings is 1. The second-order valence-corrected chi connectivity index (χ2v) is 8.35. The van der Waals surface area contributed by atoms with Gasteiger partial charge in [-0.2, -0.15) is 0 Å². The van der Waals surface area contributed by atoms with Gasteiger partial charge in [-0.25, -0.2) is 9.78 Å². The number of nitrogens with zero attached hydrogens (tertiary/aromatic N) is 2. The van der Waals surface area contributed by atoms with Crippen molar-refractivity contribution in [2.24, 2.45) is 17.3 Å². The van der Waals surface area contributed by atoms with E-state index in [2.05, 4.69) is 28.8 Å². The maximum Gasteiger partial charge on any atom is 0.326 e. The van der Waals surface area contributed by atoms with Gasteiger partial charge in [0.2, 0.25) is 0 Å². The molecule has 7 heteroatoms. The molecule has 0 bridgehead atoms. The van der Waals surface area contributed by atoms with Crippen molar-refractivity contribution < 1.29 is 9.53 Å². The number of fused-ring (bicyclic) bond motifs is 3. The van der Waals surface area contributed by atoms with Gasteiger partial charge in [0.05, 0.1) is 29.8 Å². The molecule has 0 amide bonds. The number of carbonyl (C=O) groups excluding carboxylic acids is 1. The number of aromatic amines is 2. The SMILES string of the molecule is CCC1CC(C)(C(=O)OC)CC(CC)C1n1c(=O)[nH]c2cnc3[nH]ccc3c21. The number of ether oxygens (including phenoxy) is 1. The van der Waals surface area contributed by atoms with Crippen molar-refractivity contribution in [2.45, 2.75) is 52.5 Å². The largest absolute Gasteiger partial charge is 0.469 e. The number of esters is 1. The van der Waals surface area contributed by atoms with Gasteiger partial charge in [0.1, 0.15) is 5.65 Å². The minimum atomic E-state index is -0.507. The van der Waals surface area contributed by atoms with E-state index in [1.165, 1.54) is 7.11 Å². The first-order chi connectivity index (χ1) is 13.4. The molecule has 0 saturated heterocycles. The number of carbonyl (C=O) groups is 1. The van der Waals surface area contributed by atoms with E-state index in [0.29, 0.717) is 0 Å². The monoisotopic (exact) mass is 384 g/mol. The molecule has 2 N–H and O–H groups in total. The Labute approximate surface area is 163 Å². The maximum atomic E-state index is 13.1. The predicted molar refractivity (Wildman–Crippen MR) is 108 cm³/mol. The Hall–Kier alpha value is -2.57. The third kappa shape index (κ3) is 2.67. The highest BCUT2D eigenvalue weighted by Crippen LogP contribution is 2.51. The molecule has 0 spiro atoms. The summed E-state index contributed by atoms with van der Waals surface area (Å²) < 4.78 is 7.06. The number of H-pyrrole nitrogens is 2. The molecule has 7 nitrogen and oxygen atoms in total. The minimum absolute atomic E-state index is 0.0366. The van der Waals surface area contributed by atoms with Crippen molar-refractivity contribution in [1.82, 2.24) is 19.5 Å². The lowest BCUT2D eigenvalue weighted by Crippen LogP contribution is -2.45. The molecule has 0 radical (unpaired) electrons. The van der Waals surface area contributed by atoms with Gasteiger partial charge in [0.25, 0.3) is 0 Å². The molecule has 3 heterocycles. The minimum Gasteiger partial charge on any atom is -0.469 e. The van der Waals surface area contributed by atoms with Gasteiger partial charge in [-0.15, -0.1) is 0 Å². The summed E-state index contributed by atoms with van der Waals surface area (Å²) in [5, 5.41) is 0.946. The van der Waals surface area contributed by atoms with Gasteiger partial charge in [-0.3, -0.25) is 9.36 Å². The average molecular weight is 384 g/mol. The van der Waals surface area contributed by atoms with Crippen molar-refractivity contribution in [3.05, 3.63) is 28.9 Å². The number of imidazole rings is 1. The molecule has 1 fully saturated rings. The van der Waals surface area contributed by atoms with E-state index in [4.69, 9.17) is 4.74 Å². The highest BCUT2D eigenvalue weighted by molar-refractivity contribution is 6.01. The first kappa shape index (κ1) is 18.8. The molecule has 2 atom stereocenters. The van der Waals surface area contributed by atoms with E-state index < -0.39 is 5.41 Å². The zero-order valence-corrected chi connectivity index (χ0v) is 16.9. The second kappa shape index (κ2) is 6.79. The van der Waals surface area contributed by atoms with Crippen LogP contribution in [0, 0.1) is 17.3 Å². The molecule has 0 aliphatic heterocycles. The molecule has 3 aromatic heterocycles. The fraction of sp³-hybridized carbons (Fsp3) is 0.571. The van der Waals surface area contributed by atoms with Crippen LogP contribution in [0.1, 0.15) is 52.5 Å². The summed E-state index contributed by atoms with van der Waals surface area (Å²) >= 11 is 0. The molecule has 2 unspecified atom stereocenters. The van der Waals surface area contributed by atoms with Crippen LogP contribution < -0.4 is 5.69 Å². The van der Waals surface area contributed by atoms with Crippen LogP contribution in [-0.4, -0.2) is 32.6 Å². The van der Waals surface area contributed by atoms with Crippen molar-refractivity contribution in [3.8, 4) is 0 Å². The molecule has 3 aromatic rings. The molecule has 150 valence electrons. The Morgan fingerprint density at radius 1 is 1.32 bits per heavy atom. The van der Waals surface area contributed by atoms with Crippen LogP contribution in [0.15, 0.2) is 23.3 Å². The lowest BCUT2D eigenvalue weighted by Gasteiger charge is -2.46. The molecular weight excluding hydrogens is 356 g/mol. The Morgan fingerprint density at radius 3 is 2.61 bits per heavy atom. The lowest BCUT2D eigenvalue weighted by atomic mass is 9.62. The zero-order chi connectivity index (χ0) is 20.1. The molecule has 0 aromatic carbocycles. The van der Waals surface area contributed by atoms with Crippen molar-refractivity contribution in [2.75, 3.05) is 7.11 Å². The van der Waals surface area contributed by atoms with Gasteiger partial charge >= 0.3 is 11.7 Å². The Morgan fingerprint density at radius 2 is 2.00 bits per heavy atom. The van der Waals surface area contributed by atoms with E-state index in [1.807, 2.05) is 23.8 Å². The quantitative estimate of drug-likeness (QED) is 0.670. The predicted octanol–water partition coefficient (Wildman–Crippen LogP) is 3.77. The maximum absolute atomic E-state index is 13.1. The smallest absolute Gasteiger partial charge is 0.326 e. The second-order valence-electron chi connectivity index (χ2n) is 8.35. The van der Waals surface area contributed by atoms with Gasteiger partial charge in [-0.05, 0) is 37.7 Å². The first-order valence-electron chi connectivity index (χ1n) is 10.1. The molecule has 1 aliphatic rings. The normalized spacial score (nSPS) is 28.1. The zero-order valence-electron chi connectivity index (χ0n) is 16.9. The molecular formula is C21H28N4O3. The standard InChI is InChI=1S/C21H28N4O3/c1-5-12-9-21(3,19(26)28-4)10-13(6-2)16(12)25-17-14-7-8-22-18(14)23-11-15(17)24-20(25)27/h7-8,11-13,16H,5-6,9-10H2,1-4H3,(H,22,23)(H,24,27). The van der Waals surface area contributed by atoms with Crippen LogP contribution in [0.2, 0.25) is 0 Å². The van der Waals surface area contributed by atoms with Crippen molar-refractivity contribution in [1.29, 1.82) is 0 Å². The third-order valence-corrected chi connectivity index (χ3v) is 6.68. The Bertz CT molecular complexity index is 1060. The fourth-order valence-electron chi connectivity index (χ4n) is 5.38.